The first-order valence-electron chi connectivity index (χ1n) is 4.97. The standard InChI is InChI=1S/C11H19NO4/c1-6-7-12(5)8-9(13)15-10(14)16-11(2,3)4/h6H,1,7-8H2,2-5H3. The quantitative estimate of drug-likeness (QED) is 0.416. The van der Waals surface area contributed by atoms with Gasteiger partial charge >= 0.3 is 12.1 Å². The topological polar surface area (TPSA) is 55.8 Å². The van der Waals surface area contributed by atoms with Crippen molar-refractivity contribution in [1.82, 2.24) is 4.90 Å². The summed E-state index contributed by atoms with van der Waals surface area (Å²) in [6.45, 7) is 9.19. The van der Waals surface area contributed by atoms with Crippen molar-refractivity contribution in [1.29, 1.82) is 0 Å². The van der Waals surface area contributed by atoms with Gasteiger partial charge in [-0.3, -0.25) is 9.69 Å². The molecule has 0 radical (unpaired) electrons. The molecule has 0 aliphatic carbocycles. The fourth-order valence-electron chi connectivity index (χ4n) is 0.901. The summed E-state index contributed by atoms with van der Waals surface area (Å²) in [5, 5.41) is 0. The van der Waals surface area contributed by atoms with E-state index in [0.717, 1.165) is 0 Å². The van der Waals surface area contributed by atoms with Gasteiger partial charge in [-0.25, -0.2) is 4.79 Å². The summed E-state index contributed by atoms with van der Waals surface area (Å²) >= 11 is 0. The molecule has 0 bridgehead atoms. The van der Waals surface area contributed by atoms with Crippen LogP contribution in [0.15, 0.2) is 12.7 Å². The van der Waals surface area contributed by atoms with E-state index in [-0.39, 0.29) is 6.54 Å². The van der Waals surface area contributed by atoms with Gasteiger partial charge in [0.15, 0.2) is 0 Å². The van der Waals surface area contributed by atoms with E-state index >= 15 is 0 Å². The highest BCUT2D eigenvalue weighted by atomic mass is 16.7. The average Bonchev–Trinajstić information content (AvgIpc) is 1.98. The van der Waals surface area contributed by atoms with Crippen molar-refractivity contribution >= 4 is 12.1 Å². The molecule has 92 valence electrons. The molecule has 0 fully saturated rings. The lowest BCUT2D eigenvalue weighted by atomic mass is 10.2. The van der Waals surface area contributed by atoms with E-state index in [1.54, 1.807) is 38.8 Å². The van der Waals surface area contributed by atoms with Crippen molar-refractivity contribution < 1.29 is 19.1 Å². The van der Waals surface area contributed by atoms with Gasteiger partial charge in [0.1, 0.15) is 5.60 Å². The third kappa shape index (κ3) is 7.99. The molecule has 0 heterocycles. The van der Waals surface area contributed by atoms with Gasteiger partial charge in [0, 0.05) is 6.54 Å². The Morgan fingerprint density at radius 1 is 1.38 bits per heavy atom. The highest BCUT2D eigenvalue weighted by Gasteiger charge is 2.20. The lowest BCUT2D eigenvalue weighted by Gasteiger charge is -2.19. The Balaban J connectivity index is 3.96. The van der Waals surface area contributed by atoms with Crippen LogP contribution in [0.2, 0.25) is 0 Å². The highest BCUT2D eigenvalue weighted by molar-refractivity contribution is 5.83. The van der Waals surface area contributed by atoms with Crippen molar-refractivity contribution in [3.8, 4) is 0 Å². The molecule has 0 spiro atoms. The second-order valence-corrected chi connectivity index (χ2v) is 4.42. The van der Waals surface area contributed by atoms with Crippen LogP contribution in [0, 0.1) is 0 Å². The van der Waals surface area contributed by atoms with Crippen LogP contribution in [0.5, 0.6) is 0 Å². The van der Waals surface area contributed by atoms with Crippen molar-refractivity contribution in [2.75, 3.05) is 20.1 Å². The minimum atomic E-state index is -0.968. The summed E-state index contributed by atoms with van der Waals surface area (Å²) in [4.78, 5) is 24.0. The number of carbonyl (C=O) groups excluding carboxylic acids is 2. The highest BCUT2D eigenvalue weighted by Crippen LogP contribution is 2.08. The first-order chi connectivity index (χ1) is 7.24. The summed E-state index contributed by atoms with van der Waals surface area (Å²) in [5.74, 6) is -0.640. The third-order valence-electron chi connectivity index (χ3n) is 1.43. The van der Waals surface area contributed by atoms with E-state index in [1.165, 1.54) is 0 Å². The number of carbonyl (C=O) groups is 2. The van der Waals surface area contributed by atoms with Gasteiger partial charge in [0.05, 0.1) is 6.54 Å². The summed E-state index contributed by atoms with van der Waals surface area (Å²) in [6, 6.07) is 0. The number of rotatable bonds is 4. The van der Waals surface area contributed by atoms with E-state index in [4.69, 9.17) is 4.74 Å². The second-order valence-electron chi connectivity index (χ2n) is 4.42. The Kier molecular flexibility index (Phi) is 5.74. The lowest BCUT2D eigenvalue weighted by molar-refractivity contribution is -0.142. The lowest BCUT2D eigenvalue weighted by Crippen LogP contribution is -2.31. The van der Waals surface area contributed by atoms with E-state index in [9.17, 15) is 9.59 Å². The van der Waals surface area contributed by atoms with Crippen LogP contribution in [-0.4, -0.2) is 42.8 Å². The SMILES string of the molecule is C=CCN(C)CC(=O)OC(=O)OC(C)(C)C. The molecule has 0 aliphatic heterocycles. The fourth-order valence-corrected chi connectivity index (χ4v) is 0.901. The Bertz CT molecular complexity index is 268. The van der Waals surface area contributed by atoms with Crippen molar-refractivity contribution in [3.05, 3.63) is 12.7 Å². The Labute approximate surface area is 96.0 Å². The number of likely N-dealkylation sites (N-methyl/N-ethyl adjacent to an activating group) is 1. The molecular formula is C11H19NO4. The molecule has 5 heteroatoms. The van der Waals surface area contributed by atoms with E-state index in [1.807, 2.05) is 0 Å². The zero-order valence-corrected chi connectivity index (χ0v) is 10.3. The van der Waals surface area contributed by atoms with Crippen molar-refractivity contribution in [2.24, 2.45) is 0 Å². The molecular weight excluding hydrogens is 210 g/mol. The van der Waals surface area contributed by atoms with Gasteiger partial charge in [0.25, 0.3) is 0 Å². The monoisotopic (exact) mass is 229 g/mol. The van der Waals surface area contributed by atoms with E-state index in [0.29, 0.717) is 6.54 Å². The summed E-state index contributed by atoms with van der Waals surface area (Å²) < 4.78 is 9.30. The van der Waals surface area contributed by atoms with Crippen LogP contribution in [-0.2, 0) is 14.3 Å². The van der Waals surface area contributed by atoms with Gasteiger partial charge in [-0.2, -0.15) is 0 Å². The summed E-state index contributed by atoms with van der Waals surface area (Å²) in [6.07, 6.45) is 0.685. The normalized spacial score (nSPS) is 11.1. The van der Waals surface area contributed by atoms with Gasteiger partial charge in [-0.1, -0.05) is 6.08 Å². The molecule has 16 heavy (non-hydrogen) atoms. The predicted octanol–water partition coefficient (Wildman–Crippen LogP) is 1.58. The van der Waals surface area contributed by atoms with Crippen LogP contribution in [0.1, 0.15) is 20.8 Å². The number of esters is 1. The van der Waals surface area contributed by atoms with E-state index < -0.39 is 17.7 Å². The molecule has 0 aromatic rings. The Morgan fingerprint density at radius 2 is 1.94 bits per heavy atom. The first kappa shape index (κ1) is 14.6. The third-order valence-corrected chi connectivity index (χ3v) is 1.43. The number of ether oxygens (including phenoxy) is 2. The minimum Gasteiger partial charge on any atom is -0.428 e. The minimum absolute atomic E-state index is 0.0191. The Morgan fingerprint density at radius 3 is 2.38 bits per heavy atom. The molecule has 0 saturated heterocycles. The van der Waals surface area contributed by atoms with Crippen LogP contribution in [0.3, 0.4) is 0 Å². The molecule has 0 unspecified atom stereocenters. The number of hydrogen-bond acceptors (Lipinski definition) is 5. The first-order valence-corrected chi connectivity index (χ1v) is 4.97. The second kappa shape index (κ2) is 6.27. The zero-order valence-electron chi connectivity index (χ0n) is 10.3. The van der Waals surface area contributed by atoms with Gasteiger partial charge in [-0.05, 0) is 27.8 Å². The molecule has 0 aromatic heterocycles. The maximum absolute atomic E-state index is 11.2. The molecule has 0 aliphatic rings. The fraction of sp³-hybridized carbons (Fsp3) is 0.636. The number of hydrogen-bond donors (Lipinski definition) is 0. The van der Waals surface area contributed by atoms with Gasteiger partial charge in [0.2, 0.25) is 0 Å². The maximum atomic E-state index is 11.2. The molecule has 0 aromatic carbocycles. The van der Waals surface area contributed by atoms with Crippen LogP contribution >= 0.6 is 0 Å². The molecule has 0 atom stereocenters. The Hall–Kier alpha value is -1.36. The zero-order chi connectivity index (χ0) is 12.8. The smallest absolute Gasteiger partial charge is 0.428 e. The van der Waals surface area contributed by atoms with Gasteiger partial charge in [-0.15, -0.1) is 6.58 Å². The molecule has 0 saturated carbocycles. The summed E-state index contributed by atoms with van der Waals surface area (Å²) in [5.41, 5.74) is -0.662. The maximum Gasteiger partial charge on any atom is 0.516 e. The molecule has 5 nitrogen and oxygen atoms in total. The summed E-state index contributed by atoms with van der Waals surface area (Å²) in [7, 11) is 1.72. The predicted molar refractivity (Wildman–Crippen MR) is 60.0 cm³/mol. The largest absolute Gasteiger partial charge is 0.516 e. The molecule has 0 amide bonds. The molecule has 0 N–H and O–H groups in total. The van der Waals surface area contributed by atoms with Crippen LogP contribution in [0.4, 0.5) is 4.79 Å². The van der Waals surface area contributed by atoms with Crippen LogP contribution in [0.25, 0.3) is 0 Å². The van der Waals surface area contributed by atoms with Crippen LogP contribution < -0.4 is 0 Å². The number of nitrogens with zero attached hydrogens (tertiary/aromatic N) is 1. The average molecular weight is 229 g/mol. The van der Waals surface area contributed by atoms with Gasteiger partial charge < -0.3 is 9.47 Å². The van der Waals surface area contributed by atoms with Crippen molar-refractivity contribution in [3.63, 3.8) is 0 Å². The molecule has 0 rings (SSSR count). The van der Waals surface area contributed by atoms with E-state index in [2.05, 4.69) is 11.3 Å². The van der Waals surface area contributed by atoms with Crippen molar-refractivity contribution in [2.45, 2.75) is 26.4 Å².